The molecule has 27 heavy (non-hydrogen) atoms. The van der Waals surface area contributed by atoms with Crippen LogP contribution in [0.2, 0.25) is 0 Å². The maximum atomic E-state index is 5.68. The van der Waals surface area contributed by atoms with Crippen LogP contribution in [0.3, 0.4) is 0 Å². The minimum absolute atomic E-state index is 0.00121. The molecule has 0 aromatic heterocycles. The first-order chi connectivity index (χ1) is 13.1. The molecule has 0 fully saturated rings. The molecule has 0 aliphatic heterocycles. The van der Waals surface area contributed by atoms with E-state index in [0.29, 0.717) is 0 Å². The molecule has 0 saturated carbocycles. The summed E-state index contributed by atoms with van der Waals surface area (Å²) < 4.78 is 10.8. The standard InChI is InChI=1S/C25H36O2/c1-5-6-19-27-20-17-22-11-15-24(16-12-22)25(2,3)23-13-9-21(10-14-23)8-7-18-26-4/h9-16H,5-8,17-20H2,1-4H3. The van der Waals surface area contributed by atoms with Crippen LogP contribution in [0.15, 0.2) is 48.5 Å². The molecule has 0 atom stereocenters. The molecular formula is C25H36O2. The predicted molar refractivity (Wildman–Crippen MR) is 115 cm³/mol. The van der Waals surface area contributed by atoms with Gasteiger partial charge in [0.25, 0.3) is 0 Å². The Morgan fingerprint density at radius 2 is 1.26 bits per heavy atom. The average molecular weight is 369 g/mol. The summed E-state index contributed by atoms with van der Waals surface area (Å²) in [6, 6.07) is 18.1. The highest BCUT2D eigenvalue weighted by Gasteiger charge is 2.22. The molecule has 0 spiro atoms. The molecule has 2 nitrogen and oxygen atoms in total. The lowest BCUT2D eigenvalue weighted by atomic mass is 9.77. The van der Waals surface area contributed by atoms with Crippen molar-refractivity contribution in [2.75, 3.05) is 26.9 Å². The summed E-state index contributed by atoms with van der Waals surface area (Å²) in [6.45, 7) is 9.31. The van der Waals surface area contributed by atoms with Gasteiger partial charge in [0.2, 0.25) is 0 Å². The second-order valence-corrected chi connectivity index (χ2v) is 7.83. The Morgan fingerprint density at radius 1 is 0.704 bits per heavy atom. The van der Waals surface area contributed by atoms with Gasteiger partial charge in [-0.2, -0.15) is 0 Å². The molecule has 2 aromatic rings. The lowest BCUT2D eigenvalue weighted by Gasteiger charge is -2.26. The Morgan fingerprint density at radius 3 is 1.78 bits per heavy atom. The molecule has 0 aliphatic rings. The van der Waals surface area contributed by atoms with Gasteiger partial charge in [-0.3, -0.25) is 0 Å². The number of benzene rings is 2. The summed E-state index contributed by atoms with van der Waals surface area (Å²) in [7, 11) is 1.76. The lowest BCUT2D eigenvalue weighted by Crippen LogP contribution is -2.19. The van der Waals surface area contributed by atoms with E-state index < -0.39 is 0 Å². The van der Waals surface area contributed by atoms with E-state index in [1.807, 2.05) is 0 Å². The molecule has 0 radical (unpaired) electrons. The summed E-state index contributed by atoms with van der Waals surface area (Å²) in [5, 5.41) is 0. The normalized spacial score (nSPS) is 11.7. The van der Waals surface area contributed by atoms with Crippen molar-refractivity contribution < 1.29 is 9.47 Å². The SMILES string of the molecule is CCCCOCCc1ccc(C(C)(C)c2ccc(CCCOC)cc2)cc1. The quantitative estimate of drug-likeness (QED) is 0.431. The number of unbranched alkanes of at least 4 members (excludes halogenated alkanes) is 1. The van der Waals surface area contributed by atoms with Crippen molar-refractivity contribution in [3.05, 3.63) is 70.8 Å². The van der Waals surface area contributed by atoms with Crippen molar-refractivity contribution in [2.24, 2.45) is 0 Å². The van der Waals surface area contributed by atoms with E-state index in [1.165, 1.54) is 28.7 Å². The summed E-state index contributed by atoms with van der Waals surface area (Å²) in [5.41, 5.74) is 5.43. The number of rotatable bonds is 12. The van der Waals surface area contributed by atoms with Crippen LogP contribution < -0.4 is 0 Å². The zero-order valence-corrected chi connectivity index (χ0v) is 17.6. The molecule has 0 unspecified atom stereocenters. The van der Waals surface area contributed by atoms with Gasteiger partial charge < -0.3 is 9.47 Å². The maximum absolute atomic E-state index is 5.68. The minimum atomic E-state index is 0.00121. The van der Waals surface area contributed by atoms with Crippen LogP contribution in [0.5, 0.6) is 0 Å². The fraction of sp³-hybridized carbons (Fsp3) is 0.520. The topological polar surface area (TPSA) is 18.5 Å². The highest BCUT2D eigenvalue weighted by Crippen LogP contribution is 2.31. The van der Waals surface area contributed by atoms with E-state index in [4.69, 9.17) is 9.47 Å². The van der Waals surface area contributed by atoms with E-state index in [-0.39, 0.29) is 5.41 Å². The average Bonchev–Trinajstić information content (AvgIpc) is 2.69. The van der Waals surface area contributed by atoms with Crippen molar-refractivity contribution in [2.45, 2.75) is 58.3 Å². The molecule has 0 heterocycles. The Hall–Kier alpha value is -1.64. The largest absolute Gasteiger partial charge is 0.385 e. The van der Waals surface area contributed by atoms with Crippen LogP contribution in [0.25, 0.3) is 0 Å². The first-order valence-corrected chi connectivity index (χ1v) is 10.3. The van der Waals surface area contributed by atoms with Gasteiger partial charge in [-0.05, 0) is 47.9 Å². The summed E-state index contributed by atoms with van der Waals surface area (Å²) in [5.74, 6) is 0. The molecule has 0 aliphatic carbocycles. The minimum Gasteiger partial charge on any atom is -0.385 e. The van der Waals surface area contributed by atoms with Crippen LogP contribution in [-0.2, 0) is 27.7 Å². The monoisotopic (exact) mass is 368 g/mol. The number of ether oxygens (including phenoxy) is 2. The molecule has 0 saturated heterocycles. The van der Waals surface area contributed by atoms with Crippen molar-refractivity contribution >= 4 is 0 Å². The smallest absolute Gasteiger partial charge is 0.0506 e. The van der Waals surface area contributed by atoms with Crippen LogP contribution in [0.4, 0.5) is 0 Å². The van der Waals surface area contributed by atoms with Crippen molar-refractivity contribution in [3.8, 4) is 0 Å². The van der Waals surface area contributed by atoms with Crippen LogP contribution >= 0.6 is 0 Å². The summed E-state index contributed by atoms with van der Waals surface area (Å²) in [6.07, 6.45) is 5.48. The first kappa shape index (κ1) is 21.7. The van der Waals surface area contributed by atoms with Crippen LogP contribution in [0, 0.1) is 0 Å². The lowest BCUT2D eigenvalue weighted by molar-refractivity contribution is 0.134. The Labute approximate surface area is 165 Å². The number of methoxy groups -OCH3 is 1. The summed E-state index contributed by atoms with van der Waals surface area (Å²) >= 11 is 0. The third-order valence-electron chi connectivity index (χ3n) is 5.34. The van der Waals surface area contributed by atoms with E-state index in [2.05, 4.69) is 69.3 Å². The zero-order chi connectivity index (χ0) is 19.5. The van der Waals surface area contributed by atoms with E-state index in [1.54, 1.807) is 7.11 Å². The zero-order valence-electron chi connectivity index (χ0n) is 17.6. The number of hydrogen-bond donors (Lipinski definition) is 0. The second-order valence-electron chi connectivity index (χ2n) is 7.83. The van der Waals surface area contributed by atoms with Crippen LogP contribution in [-0.4, -0.2) is 26.9 Å². The molecule has 0 bridgehead atoms. The van der Waals surface area contributed by atoms with Gasteiger partial charge >= 0.3 is 0 Å². The van der Waals surface area contributed by atoms with E-state index in [0.717, 1.165) is 45.5 Å². The van der Waals surface area contributed by atoms with Gasteiger partial charge in [-0.15, -0.1) is 0 Å². The number of aryl methyl sites for hydroxylation is 1. The van der Waals surface area contributed by atoms with Gasteiger partial charge in [-0.1, -0.05) is 75.7 Å². The highest BCUT2D eigenvalue weighted by molar-refractivity contribution is 5.39. The van der Waals surface area contributed by atoms with Gasteiger partial charge in [0.05, 0.1) is 6.61 Å². The fourth-order valence-electron chi connectivity index (χ4n) is 3.30. The van der Waals surface area contributed by atoms with Crippen molar-refractivity contribution in [1.29, 1.82) is 0 Å². The summed E-state index contributed by atoms with van der Waals surface area (Å²) in [4.78, 5) is 0. The third kappa shape index (κ3) is 6.79. The van der Waals surface area contributed by atoms with E-state index >= 15 is 0 Å². The third-order valence-corrected chi connectivity index (χ3v) is 5.34. The van der Waals surface area contributed by atoms with Gasteiger partial charge in [-0.25, -0.2) is 0 Å². The molecule has 0 amide bonds. The molecule has 2 heteroatoms. The molecule has 2 aromatic carbocycles. The Balaban J connectivity index is 1.95. The van der Waals surface area contributed by atoms with E-state index in [9.17, 15) is 0 Å². The maximum Gasteiger partial charge on any atom is 0.0506 e. The fourth-order valence-corrected chi connectivity index (χ4v) is 3.30. The molecular weight excluding hydrogens is 332 g/mol. The predicted octanol–water partition coefficient (Wildman–Crippen LogP) is 5.95. The van der Waals surface area contributed by atoms with Crippen molar-refractivity contribution in [3.63, 3.8) is 0 Å². The Kier molecular flexibility index (Phi) is 9.03. The molecule has 2 rings (SSSR count). The Bertz CT molecular complexity index is 641. The van der Waals surface area contributed by atoms with Crippen molar-refractivity contribution in [1.82, 2.24) is 0 Å². The molecule has 148 valence electrons. The molecule has 0 N–H and O–H groups in total. The van der Waals surface area contributed by atoms with Gasteiger partial charge in [0.1, 0.15) is 0 Å². The highest BCUT2D eigenvalue weighted by atomic mass is 16.5. The van der Waals surface area contributed by atoms with Crippen LogP contribution in [0.1, 0.15) is 62.3 Å². The van der Waals surface area contributed by atoms with Gasteiger partial charge in [0.15, 0.2) is 0 Å². The van der Waals surface area contributed by atoms with Gasteiger partial charge in [0, 0.05) is 25.7 Å². The number of hydrogen-bond acceptors (Lipinski definition) is 2. The first-order valence-electron chi connectivity index (χ1n) is 10.3. The second kappa shape index (κ2) is 11.3.